The highest BCUT2D eigenvalue weighted by atomic mass is 19.4. The van der Waals surface area contributed by atoms with E-state index in [2.05, 4.69) is 14.9 Å². The van der Waals surface area contributed by atoms with Gasteiger partial charge < -0.3 is 9.64 Å². The highest BCUT2D eigenvalue weighted by Crippen LogP contribution is 2.28. The van der Waals surface area contributed by atoms with Crippen molar-refractivity contribution in [2.24, 2.45) is 0 Å². The Morgan fingerprint density at radius 3 is 2.29 bits per heavy atom. The predicted molar refractivity (Wildman–Crippen MR) is 120 cm³/mol. The normalized spacial score (nSPS) is 14.7. The predicted octanol–water partition coefficient (Wildman–Crippen LogP) is 4.45. The van der Waals surface area contributed by atoms with E-state index in [0.717, 1.165) is 49.6 Å². The topological polar surface area (TPSA) is 58.6 Å². The third-order valence-electron chi connectivity index (χ3n) is 5.71. The molecule has 1 aromatic carbocycles. The minimum Gasteiger partial charge on any atom is -0.410 e. The Bertz CT molecular complexity index is 1070. The molecule has 1 amide bonds. The Kier molecular flexibility index (Phi) is 7.42. The van der Waals surface area contributed by atoms with Crippen LogP contribution in [0, 0.1) is 0 Å². The molecule has 0 saturated carbocycles. The van der Waals surface area contributed by atoms with Crippen LogP contribution in [0.4, 0.5) is 18.0 Å². The molecule has 0 aliphatic carbocycles. The van der Waals surface area contributed by atoms with Crippen molar-refractivity contribution in [2.45, 2.75) is 19.0 Å². The van der Waals surface area contributed by atoms with Crippen molar-refractivity contribution in [1.82, 2.24) is 19.8 Å². The lowest BCUT2D eigenvalue weighted by atomic mass is 10.1. The first-order valence-electron chi connectivity index (χ1n) is 11.1. The molecule has 1 saturated heterocycles. The summed E-state index contributed by atoms with van der Waals surface area (Å²) in [6.07, 6.45) is -0.900. The molecule has 0 N–H and O–H groups in total. The number of carbonyl (C=O) groups excluding carboxylic acids is 1. The maximum atomic E-state index is 12.7. The zero-order valence-corrected chi connectivity index (χ0v) is 18.5. The SMILES string of the molecule is O=C(Oc1ccc(Cc2ccc(C(F)(F)F)cn2)cc1)N1CCN(CCc2ccccn2)CC1. The van der Waals surface area contributed by atoms with Gasteiger partial charge in [0.1, 0.15) is 5.75 Å². The van der Waals surface area contributed by atoms with Crippen LogP contribution in [0.15, 0.2) is 67.0 Å². The monoisotopic (exact) mass is 470 g/mol. The maximum Gasteiger partial charge on any atom is 0.417 e. The molecular formula is C25H25F3N4O2. The number of alkyl halides is 3. The van der Waals surface area contributed by atoms with Gasteiger partial charge >= 0.3 is 12.3 Å². The molecule has 1 aliphatic heterocycles. The molecule has 3 aromatic rings. The van der Waals surface area contributed by atoms with Crippen LogP contribution in [-0.2, 0) is 19.0 Å². The lowest BCUT2D eigenvalue weighted by molar-refractivity contribution is -0.137. The second kappa shape index (κ2) is 10.6. The molecule has 2 aromatic heterocycles. The van der Waals surface area contributed by atoms with Gasteiger partial charge in [-0.15, -0.1) is 0 Å². The lowest BCUT2D eigenvalue weighted by Gasteiger charge is -2.33. The van der Waals surface area contributed by atoms with Crippen molar-refractivity contribution in [1.29, 1.82) is 0 Å². The van der Waals surface area contributed by atoms with Gasteiger partial charge in [0, 0.05) is 69.3 Å². The van der Waals surface area contributed by atoms with E-state index < -0.39 is 11.7 Å². The number of ether oxygens (including phenoxy) is 1. The van der Waals surface area contributed by atoms with E-state index in [1.54, 1.807) is 35.4 Å². The Balaban J connectivity index is 1.22. The number of hydrogen-bond donors (Lipinski definition) is 0. The second-order valence-electron chi connectivity index (χ2n) is 8.12. The van der Waals surface area contributed by atoms with Crippen LogP contribution in [-0.4, -0.2) is 58.6 Å². The van der Waals surface area contributed by atoms with Crippen LogP contribution in [0.5, 0.6) is 5.75 Å². The quantitative estimate of drug-likeness (QED) is 0.533. The summed E-state index contributed by atoms with van der Waals surface area (Å²) in [5, 5.41) is 0. The molecule has 4 rings (SSSR count). The number of pyridine rings is 2. The molecule has 0 unspecified atom stereocenters. The highest BCUT2D eigenvalue weighted by Gasteiger charge is 2.30. The van der Waals surface area contributed by atoms with Gasteiger partial charge in [-0.3, -0.25) is 14.9 Å². The van der Waals surface area contributed by atoms with E-state index >= 15 is 0 Å². The van der Waals surface area contributed by atoms with Gasteiger partial charge in [-0.05, 0) is 42.0 Å². The number of hydrogen-bond acceptors (Lipinski definition) is 5. The smallest absolute Gasteiger partial charge is 0.410 e. The number of piperazine rings is 1. The molecule has 6 nitrogen and oxygen atoms in total. The molecule has 0 atom stereocenters. The third kappa shape index (κ3) is 6.54. The summed E-state index contributed by atoms with van der Waals surface area (Å²) in [6.45, 7) is 3.65. The standard InChI is InChI=1S/C25H25F3N4O2/c26-25(27,28)20-6-7-22(30-18-20)17-19-4-8-23(9-5-19)34-24(33)32-15-13-31(14-16-32)12-10-21-3-1-2-11-29-21/h1-9,11,18H,10,12-17H2. The van der Waals surface area contributed by atoms with Crippen LogP contribution >= 0.6 is 0 Å². The molecule has 178 valence electrons. The third-order valence-corrected chi connectivity index (χ3v) is 5.71. The summed E-state index contributed by atoms with van der Waals surface area (Å²) in [7, 11) is 0. The van der Waals surface area contributed by atoms with E-state index in [1.165, 1.54) is 6.07 Å². The van der Waals surface area contributed by atoms with Gasteiger partial charge in [0.25, 0.3) is 0 Å². The van der Waals surface area contributed by atoms with Crippen LogP contribution in [0.25, 0.3) is 0 Å². The summed E-state index contributed by atoms with van der Waals surface area (Å²) in [6, 6.07) is 15.2. The van der Waals surface area contributed by atoms with Crippen molar-refractivity contribution in [3.63, 3.8) is 0 Å². The zero-order chi connectivity index (χ0) is 24.0. The Labute approximate surface area is 196 Å². The fourth-order valence-corrected chi connectivity index (χ4v) is 3.72. The van der Waals surface area contributed by atoms with Gasteiger partial charge in [-0.2, -0.15) is 13.2 Å². The number of rotatable bonds is 6. The molecule has 0 spiro atoms. The summed E-state index contributed by atoms with van der Waals surface area (Å²) in [5.41, 5.74) is 1.67. The minimum absolute atomic E-state index is 0.382. The fraction of sp³-hybridized carbons (Fsp3) is 0.320. The first kappa shape index (κ1) is 23.7. The first-order chi connectivity index (χ1) is 16.4. The van der Waals surface area contributed by atoms with Gasteiger partial charge in [-0.25, -0.2) is 4.79 Å². The number of amides is 1. The van der Waals surface area contributed by atoms with Crippen molar-refractivity contribution < 1.29 is 22.7 Å². The molecule has 3 heterocycles. The zero-order valence-electron chi connectivity index (χ0n) is 18.5. The van der Waals surface area contributed by atoms with Gasteiger partial charge in [0.2, 0.25) is 0 Å². The van der Waals surface area contributed by atoms with Crippen LogP contribution in [0.2, 0.25) is 0 Å². The van der Waals surface area contributed by atoms with E-state index in [9.17, 15) is 18.0 Å². The van der Waals surface area contributed by atoms with Crippen molar-refractivity contribution >= 4 is 6.09 Å². The molecule has 0 bridgehead atoms. The van der Waals surface area contributed by atoms with Crippen LogP contribution < -0.4 is 4.74 Å². The fourth-order valence-electron chi connectivity index (χ4n) is 3.72. The molecule has 9 heteroatoms. The first-order valence-corrected chi connectivity index (χ1v) is 11.1. The number of aromatic nitrogens is 2. The molecule has 1 fully saturated rings. The molecular weight excluding hydrogens is 445 g/mol. The summed E-state index contributed by atoms with van der Waals surface area (Å²) < 4.78 is 43.5. The molecule has 1 aliphatic rings. The summed E-state index contributed by atoms with van der Waals surface area (Å²) >= 11 is 0. The van der Waals surface area contributed by atoms with E-state index in [0.29, 0.717) is 31.0 Å². The highest BCUT2D eigenvalue weighted by molar-refractivity contribution is 5.70. The van der Waals surface area contributed by atoms with Gasteiger partial charge in [0.15, 0.2) is 0 Å². The van der Waals surface area contributed by atoms with Crippen molar-refractivity contribution in [3.8, 4) is 5.75 Å². The number of carbonyl (C=O) groups is 1. The lowest BCUT2D eigenvalue weighted by Crippen LogP contribution is -2.49. The average Bonchev–Trinajstić information content (AvgIpc) is 2.85. The Morgan fingerprint density at radius 2 is 1.68 bits per heavy atom. The molecule has 34 heavy (non-hydrogen) atoms. The average molecular weight is 470 g/mol. The van der Waals surface area contributed by atoms with E-state index in [-0.39, 0.29) is 6.09 Å². The van der Waals surface area contributed by atoms with Crippen LogP contribution in [0.3, 0.4) is 0 Å². The van der Waals surface area contributed by atoms with Crippen molar-refractivity contribution in [2.75, 3.05) is 32.7 Å². The largest absolute Gasteiger partial charge is 0.417 e. The van der Waals surface area contributed by atoms with E-state index in [1.807, 2.05) is 18.2 Å². The van der Waals surface area contributed by atoms with E-state index in [4.69, 9.17) is 4.74 Å². The number of halogens is 3. The Hall–Kier alpha value is -3.46. The maximum absolute atomic E-state index is 12.7. The van der Waals surface area contributed by atoms with Gasteiger partial charge in [-0.1, -0.05) is 18.2 Å². The number of benzene rings is 1. The number of nitrogens with zero attached hydrogens (tertiary/aromatic N) is 4. The summed E-state index contributed by atoms with van der Waals surface area (Å²) in [5.74, 6) is 0.423. The van der Waals surface area contributed by atoms with Crippen molar-refractivity contribution in [3.05, 3.63) is 89.5 Å². The molecule has 0 radical (unpaired) electrons. The second-order valence-corrected chi connectivity index (χ2v) is 8.12. The minimum atomic E-state index is -4.40. The Morgan fingerprint density at radius 1 is 0.912 bits per heavy atom. The summed E-state index contributed by atoms with van der Waals surface area (Å²) in [4.78, 5) is 24.7. The van der Waals surface area contributed by atoms with Crippen LogP contribution in [0.1, 0.15) is 22.5 Å². The van der Waals surface area contributed by atoms with Gasteiger partial charge in [0.05, 0.1) is 5.56 Å².